The van der Waals surface area contributed by atoms with Gasteiger partial charge in [0.1, 0.15) is 11.6 Å². The maximum absolute atomic E-state index is 15.3. The number of allylic oxidation sites excluding steroid dienone is 1. The molecular weight excluding hydrogens is 486 g/mol. The van der Waals surface area contributed by atoms with Crippen molar-refractivity contribution in [3.63, 3.8) is 0 Å². The van der Waals surface area contributed by atoms with Gasteiger partial charge >= 0.3 is 0 Å². The SMILES string of the molecule is CC1=C[C@H](N)C[C@H](c2ccncc2Nc2ncc3ccc(-c4c(F)cc(C5(O)CCCC5)cc4F)nn23)C1. The van der Waals surface area contributed by atoms with E-state index in [1.807, 2.05) is 6.07 Å². The summed E-state index contributed by atoms with van der Waals surface area (Å²) in [6, 6.07) is 7.73. The molecule has 0 aliphatic heterocycles. The zero-order valence-electron chi connectivity index (χ0n) is 21.2. The van der Waals surface area contributed by atoms with Crippen LogP contribution in [0.4, 0.5) is 20.4 Å². The summed E-state index contributed by atoms with van der Waals surface area (Å²) in [5.74, 6) is -0.880. The van der Waals surface area contributed by atoms with E-state index in [-0.39, 0.29) is 28.8 Å². The second kappa shape index (κ2) is 9.56. The number of halogens is 2. The molecule has 1 fully saturated rings. The fraction of sp³-hybridized carbons (Fsp3) is 0.345. The maximum atomic E-state index is 15.3. The van der Waals surface area contributed by atoms with Crippen molar-refractivity contribution in [3.8, 4) is 11.3 Å². The molecule has 196 valence electrons. The molecule has 0 bridgehead atoms. The summed E-state index contributed by atoms with van der Waals surface area (Å²) in [4.78, 5) is 8.76. The molecule has 3 aromatic heterocycles. The predicted octanol–water partition coefficient (Wildman–Crippen LogP) is 5.73. The van der Waals surface area contributed by atoms with Crippen LogP contribution in [0, 0.1) is 11.6 Å². The zero-order valence-corrected chi connectivity index (χ0v) is 21.2. The minimum absolute atomic E-state index is 0.00296. The average molecular weight is 517 g/mol. The van der Waals surface area contributed by atoms with Gasteiger partial charge in [-0.25, -0.2) is 13.8 Å². The van der Waals surface area contributed by atoms with E-state index in [0.717, 1.165) is 36.9 Å². The van der Waals surface area contributed by atoms with Crippen molar-refractivity contribution >= 4 is 17.2 Å². The number of benzene rings is 1. The highest BCUT2D eigenvalue weighted by Gasteiger charge is 2.34. The average Bonchev–Trinajstić information content (AvgIpc) is 3.50. The monoisotopic (exact) mass is 516 g/mol. The van der Waals surface area contributed by atoms with Crippen molar-refractivity contribution in [2.24, 2.45) is 5.73 Å². The van der Waals surface area contributed by atoms with Gasteiger partial charge in [-0.2, -0.15) is 9.61 Å². The van der Waals surface area contributed by atoms with Gasteiger partial charge < -0.3 is 16.2 Å². The van der Waals surface area contributed by atoms with Crippen LogP contribution in [-0.2, 0) is 5.60 Å². The van der Waals surface area contributed by atoms with Gasteiger partial charge in [0, 0.05) is 12.2 Å². The molecule has 0 unspecified atom stereocenters. The summed E-state index contributed by atoms with van der Waals surface area (Å²) in [6.45, 7) is 2.09. The molecule has 2 atom stereocenters. The van der Waals surface area contributed by atoms with E-state index in [4.69, 9.17) is 5.73 Å². The number of fused-ring (bicyclic) bond motifs is 1. The minimum Gasteiger partial charge on any atom is -0.385 e. The van der Waals surface area contributed by atoms with Crippen LogP contribution in [0.3, 0.4) is 0 Å². The summed E-state index contributed by atoms with van der Waals surface area (Å²) < 4.78 is 32.1. The highest BCUT2D eigenvalue weighted by atomic mass is 19.1. The molecule has 1 aromatic carbocycles. The standard InChI is InChI=1S/C29H30F2N6O/c1-17-10-18(12-20(32)11-17)22-6-9-33-16-26(22)35-28-34-15-21-4-5-25(36-37(21)28)27-23(30)13-19(14-24(27)31)29(38)7-2-3-8-29/h4-6,9,11,13-16,18,20,38H,2-3,7-8,10,12,32H2,1H3,(H,34,35)/t18-,20+/m1/s1. The summed E-state index contributed by atoms with van der Waals surface area (Å²) in [5, 5.41) is 18.7. The number of nitrogens with zero attached hydrogens (tertiary/aromatic N) is 4. The Hall–Kier alpha value is -3.69. The summed E-state index contributed by atoms with van der Waals surface area (Å²) in [6.07, 6.45) is 11.6. The molecule has 6 rings (SSSR count). The number of rotatable bonds is 5. The number of nitrogens with two attached hydrogens (primary N) is 1. The van der Waals surface area contributed by atoms with E-state index < -0.39 is 17.2 Å². The van der Waals surface area contributed by atoms with Crippen LogP contribution in [0.2, 0.25) is 0 Å². The Labute approximate surface area is 219 Å². The van der Waals surface area contributed by atoms with Crippen LogP contribution < -0.4 is 11.1 Å². The Balaban J connectivity index is 1.35. The van der Waals surface area contributed by atoms with Gasteiger partial charge in [0.05, 0.1) is 40.5 Å². The van der Waals surface area contributed by atoms with E-state index in [2.05, 4.69) is 33.4 Å². The Bertz CT molecular complexity index is 1520. The van der Waals surface area contributed by atoms with Gasteiger partial charge in [-0.05, 0) is 80.0 Å². The normalized spacial score (nSPS) is 21.0. The Morgan fingerprint density at radius 1 is 1.11 bits per heavy atom. The van der Waals surface area contributed by atoms with Crippen molar-refractivity contribution in [1.82, 2.24) is 19.6 Å². The van der Waals surface area contributed by atoms with E-state index in [1.54, 1.807) is 30.7 Å². The molecule has 0 saturated heterocycles. The van der Waals surface area contributed by atoms with Gasteiger partial charge in [0.25, 0.3) is 0 Å². The molecule has 4 N–H and O–H groups in total. The predicted molar refractivity (Wildman–Crippen MR) is 142 cm³/mol. The number of aliphatic hydroxyl groups is 1. The maximum Gasteiger partial charge on any atom is 0.229 e. The lowest BCUT2D eigenvalue weighted by atomic mass is 9.82. The van der Waals surface area contributed by atoms with Crippen molar-refractivity contribution in [2.45, 2.75) is 63.0 Å². The van der Waals surface area contributed by atoms with E-state index in [1.165, 1.54) is 22.2 Å². The fourth-order valence-electron chi connectivity index (χ4n) is 5.96. The molecule has 38 heavy (non-hydrogen) atoms. The first kappa shape index (κ1) is 24.6. The molecule has 3 heterocycles. The van der Waals surface area contributed by atoms with Crippen molar-refractivity contribution in [2.75, 3.05) is 5.32 Å². The van der Waals surface area contributed by atoms with Gasteiger partial charge in [0.15, 0.2) is 0 Å². The summed E-state index contributed by atoms with van der Waals surface area (Å²) >= 11 is 0. The largest absolute Gasteiger partial charge is 0.385 e. The van der Waals surface area contributed by atoms with E-state index in [9.17, 15) is 5.11 Å². The lowest BCUT2D eigenvalue weighted by Crippen LogP contribution is -2.25. The Morgan fingerprint density at radius 3 is 2.61 bits per heavy atom. The number of hydrogen-bond acceptors (Lipinski definition) is 6. The van der Waals surface area contributed by atoms with E-state index in [0.29, 0.717) is 24.3 Å². The molecule has 4 aromatic rings. The molecule has 0 amide bonds. The smallest absolute Gasteiger partial charge is 0.229 e. The van der Waals surface area contributed by atoms with Crippen LogP contribution in [0.15, 0.2) is 60.6 Å². The van der Waals surface area contributed by atoms with Crippen LogP contribution in [0.5, 0.6) is 0 Å². The molecule has 7 nitrogen and oxygen atoms in total. The lowest BCUT2D eigenvalue weighted by Gasteiger charge is -2.27. The quantitative estimate of drug-likeness (QED) is 0.293. The number of pyridine rings is 1. The first-order valence-electron chi connectivity index (χ1n) is 13.0. The zero-order chi connectivity index (χ0) is 26.4. The van der Waals surface area contributed by atoms with Gasteiger partial charge in [-0.15, -0.1) is 0 Å². The van der Waals surface area contributed by atoms with Gasteiger partial charge in [-0.1, -0.05) is 24.5 Å². The first-order valence-corrected chi connectivity index (χ1v) is 13.0. The number of imidazole rings is 1. The summed E-state index contributed by atoms with van der Waals surface area (Å²) in [7, 11) is 0. The lowest BCUT2D eigenvalue weighted by molar-refractivity contribution is 0.0438. The third-order valence-corrected chi connectivity index (χ3v) is 7.82. The fourth-order valence-corrected chi connectivity index (χ4v) is 5.96. The Morgan fingerprint density at radius 2 is 1.87 bits per heavy atom. The molecule has 9 heteroatoms. The highest BCUT2D eigenvalue weighted by Crippen LogP contribution is 2.41. The topological polar surface area (TPSA) is 101 Å². The van der Waals surface area contributed by atoms with Crippen LogP contribution >= 0.6 is 0 Å². The van der Waals surface area contributed by atoms with E-state index >= 15 is 8.78 Å². The molecule has 0 radical (unpaired) electrons. The third-order valence-electron chi connectivity index (χ3n) is 7.82. The number of hydrogen-bond donors (Lipinski definition) is 3. The van der Waals surface area contributed by atoms with Crippen molar-refractivity contribution in [1.29, 1.82) is 0 Å². The molecule has 2 aliphatic rings. The second-order valence-corrected chi connectivity index (χ2v) is 10.6. The van der Waals surface area contributed by atoms with Crippen LogP contribution in [-0.4, -0.2) is 30.7 Å². The van der Waals surface area contributed by atoms with Crippen molar-refractivity contribution in [3.05, 3.63) is 83.3 Å². The highest BCUT2D eigenvalue weighted by molar-refractivity contribution is 5.66. The summed E-state index contributed by atoms with van der Waals surface area (Å²) in [5.41, 5.74) is 9.01. The molecule has 1 saturated carbocycles. The van der Waals surface area contributed by atoms with Crippen molar-refractivity contribution < 1.29 is 13.9 Å². The second-order valence-electron chi connectivity index (χ2n) is 10.6. The molecule has 0 spiro atoms. The Kier molecular flexibility index (Phi) is 6.20. The molecular formula is C29H30F2N6O. The first-order chi connectivity index (χ1) is 18.3. The number of nitrogens with one attached hydrogen (secondary N) is 1. The van der Waals surface area contributed by atoms with Gasteiger partial charge in [-0.3, -0.25) is 4.98 Å². The van der Waals surface area contributed by atoms with Crippen LogP contribution in [0.25, 0.3) is 16.8 Å². The van der Waals surface area contributed by atoms with Gasteiger partial charge in [0.2, 0.25) is 5.95 Å². The molecule has 2 aliphatic carbocycles. The number of aromatic nitrogens is 4. The third kappa shape index (κ3) is 4.46. The number of anilines is 2. The minimum atomic E-state index is -1.18. The van der Waals surface area contributed by atoms with Crippen LogP contribution in [0.1, 0.15) is 62.5 Å².